The van der Waals surface area contributed by atoms with Crippen molar-refractivity contribution in [2.45, 2.75) is 24.7 Å². The Morgan fingerprint density at radius 2 is 1.73 bits per heavy atom. The molecule has 148 valence electrons. The molecular weight excluding hydrogens is 451 g/mol. The fraction of sp³-hybridized carbons (Fsp3) is 0.273. The van der Waals surface area contributed by atoms with E-state index in [9.17, 15) is 20.2 Å². The Labute approximate surface area is 180 Å². The maximum Gasteiger partial charge on any atom is 0.218 e. The number of rotatable bonds is 2. The van der Waals surface area contributed by atoms with Gasteiger partial charge < -0.3 is 9.47 Å². The van der Waals surface area contributed by atoms with Crippen LogP contribution in [0.25, 0.3) is 0 Å². The second-order valence-corrected chi connectivity index (χ2v) is 8.32. The number of nitriles is 3. The van der Waals surface area contributed by atoms with Gasteiger partial charge in [0.15, 0.2) is 5.41 Å². The highest BCUT2D eigenvalue weighted by Crippen LogP contribution is 2.69. The molecule has 4 unspecified atom stereocenters. The minimum atomic E-state index is -2.24. The Morgan fingerprint density at radius 3 is 2.33 bits per heavy atom. The van der Waals surface area contributed by atoms with Crippen molar-refractivity contribution < 1.29 is 13.9 Å². The molecule has 6 nitrogen and oxygen atoms in total. The van der Waals surface area contributed by atoms with Gasteiger partial charge in [-0.15, -0.1) is 0 Å². The summed E-state index contributed by atoms with van der Waals surface area (Å²) in [4.78, 5) is 0. The lowest BCUT2D eigenvalue weighted by molar-refractivity contribution is -0.254. The zero-order valence-electron chi connectivity index (χ0n) is 15.7. The van der Waals surface area contributed by atoms with Crippen LogP contribution in [0.2, 0.25) is 0 Å². The number of nitrogens with zero attached hydrogens (tertiary/aromatic N) is 3. The first-order chi connectivity index (χ1) is 14.3. The predicted octanol–water partition coefficient (Wildman–Crippen LogP) is 4.71. The summed E-state index contributed by atoms with van der Waals surface area (Å²) in [5.41, 5.74) is -3.74. The van der Waals surface area contributed by atoms with Crippen molar-refractivity contribution in [1.29, 1.82) is 21.2 Å². The highest BCUT2D eigenvalue weighted by molar-refractivity contribution is 9.10. The Hall–Kier alpha value is -3.25. The molecular formula is C22H14BrFN4O2. The molecule has 2 aromatic rings. The zero-order valence-corrected chi connectivity index (χ0v) is 17.3. The molecule has 2 fully saturated rings. The molecule has 0 saturated carbocycles. The van der Waals surface area contributed by atoms with Gasteiger partial charge in [-0.05, 0) is 23.8 Å². The Morgan fingerprint density at radius 1 is 1.07 bits per heavy atom. The van der Waals surface area contributed by atoms with Gasteiger partial charge in [-0.2, -0.15) is 15.8 Å². The van der Waals surface area contributed by atoms with Gasteiger partial charge in [-0.3, -0.25) is 5.41 Å². The third-order valence-electron chi connectivity index (χ3n) is 5.89. The van der Waals surface area contributed by atoms with Crippen LogP contribution in [0.15, 0.2) is 53.0 Å². The van der Waals surface area contributed by atoms with Gasteiger partial charge in [0.05, 0.1) is 24.1 Å². The van der Waals surface area contributed by atoms with Crippen molar-refractivity contribution >= 4 is 21.8 Å². The third kappa shape index (κ3) is 2.31. The summed E-state index contributed by atoms with van der Waals surface area (Å²) in [6, 6.07) is 18.7. The van der Waals surface area contributed by atoms with E-state index in [4.69, 9.17) is 14.9 Å². The minimum absolute atomic E-state index is 0.0665. The molecule has 0 amide bonds. The van der Waals surface area contributed by atoms with Crippen molar-refractivity contribution in [3.63, 3.8) is 0 Å². The molecule has 2 bridgehead atoms. The molecule has 0 spiro atoms. The fourth-order valence-corrected chi connectivity index (χ4v) is 5.01. The summed E-state index contributed by atoms with van der Waals surface area (Å²) in [7, 11) is 0. The average molecular weight is 465 g/mol. The van der Waals surface area contributed by atoms with E-state index in [1.165, 1.54) is 18.2 Å². The molecule has 2 aliphatic heterocycles. The second-order valence-electron chi connectivity index (χ2n) is 7.41. The first kappa shape index (κ1) is 20.0. The van der Waals surface area contributed by atoms with E-state index in [1.807, 2.05) is 12.1 Å². The Bertz CT molecular complexity index is 1170. The van der Waals surface area contributed by atoms with Crippen LogP contribution in [0.4, 0.5) is 4.39 Å². The maximum atomic E-state index is 14.8. The molecule has 2 aliphatic rings. The van der Waals surface area contributed by atoms with Gasteiger partial charge in [-0.1, -0.05) is 46.3 Å². The summed E-state index contributed by atoms with van der Waals surface area (Å²) in [5, 5.41) is 39.3. The van der Waals surface area contributed by atoms with Crippen molar-refractivity contribution in [2.75, 3.05) is 0 Å². The van der Waals surface area contributed by atoms with Crippen LogP contribution in [-0.4, -0.2) is 11.7 Å². The lowest BCUT2D eigenvalue weighted by Crippen LogP contribution is -2.57. The molecule has 0 aliphatic carbocycles. The molecule has 2 saturated heterocycles. The number of halogens is 2. The topological polar surface area (TPSA) is 114 Å². The first-order valence-corrected chi connectivity index (χ1v) is 9.78. The van der Waals surface area contributed by atoms with Crippen LogP contribution in [0.5, 0.6) is 0 Å². The van der Waals surface area contributed by atoms with E-state index >= 15 is 0 Å². The zero-order chi connectivity index (χ0) is 21.7. The van der Waals surface area contributed by atoms with Gasteiger partial charge in [-0.25, -0.2) is 4.39 Å². The van der Waals surface area contributed by atoms with E-state index in [0.717, 1.165) is 0 Å². The van der Waals surface area contributed by atoms with Crippen molar-refractivity contribution in [3.8, 4) is 18.2 Å². The number of benzene rings is 2. The predicted molar refractivity (Wildman–Crippen MR) is 106 cm³/mol. The van der Waals surface area contributed by atoms with Crippen molar-refractivity contribution in [3.05, 3.63) is 69.9 Å². The maximum absolute atomic E-state index is 14.8. The number of fused-ring (bicyclic) bond motifs is 2. The standard InChI is InChI=1S/C22H14BrFN4O2/c1-20-17(13-5-3-2-4-6-13)22(12-27,19(28)30-20)21(10-25,11-26)18(29-20)15-9-14(23)7-8-16(15)24/h2-9,17-18,28H,1H3. The molecule has 1 N–H and O–H groups in total. The van der Waals surface area contributed by atoms with Crippen LogP contribution in [0.1, 0.15) is 30.1 Å². The number of nitrogens with one attached hydrogen (secondary N) is 1. The average Bonchev–Trinajstić information content (AvgIpc) is 2.93. The quantitative estimate of drug-likeness (QED) is 0.690. The summed E-state index contributed by atoms with van der Waals surface area (Å²) >= 11 is 3.27. The van der Waals surface area contributed by atoms with E-state index in [1.54, 1.807) is 37.3 Å². The van der Waals surface area contributed by atoms with Crippen LogP contribution in [0.3, 0.4) is 0 Å². The lowest BCUT2D eigenvalue weighted by atomic mass is 9.52. The van der Waals surface area contributed by atoms with Crippen LogP contribution < -0.4 is 0 Å². The van der Waals surface area contributed by atoms with Gasteiger partial charge >= 0.3 is 0 Å². The molecule has 30 heavy (non-hydrogen) atoms. The smallest absolute Gasteiger partial charge is 0.218 e. The van der Waals surface area contributed by atoms with Gasteiger partial charge in [0.1, 0.15) is 11.9 Å². The second kappa shape index (κ2) is 6.64. The molecule has 4 rings (SSSR count). The van der Waals surface area contributed by atoms with E-state index in [0.29, 0.717) is 10.0 Å². The highest BCUT2D eigenvalue weighted by Gasteiger charge is 2.79. The summed E-state index contributed by atoms with van der Waals surface area (Å²) in [6.45, 7) is 1.54. The van der Waals surface area contributed by atoms with Crippen LogP contribution >= 0.6 is 15.9 Å². The van der Waals surface area contributed by atoms with Gasteiger partial charge in [0, 0.05) is 17.0 Å². The molecule has 0 radical (unpaired) electrons. The summed E-state index contributed by atoms with van der Waals surface area (Å²) in [5.74, 6) is -3.75. The van der Waals surface area contributed by atoms with Gasteiger partial charge in [0.2, 0.25) is 17.1 Å². The lowest BCUT2D eigenvalue weighted by Gasteiger charge is -2.48. The molecule has 0 aromatic heterocycles. The fourth-order valence-electron chi connectivity index (χ4n) is 4.63. The number of hydrogen-bond acceptors (Lipinski definition) is 6. The number of hydrogen-bond donors (Lipinski definition) is 1. The Kier molecular flexibility index (Phi) is 4.43. The van der Waals surface area contributed by atoms with Gasteiger partial charge in [0.25, 0.3) is 0 Å². The molecule has 2 aromatic carbocycles. The minimum Gasteiger partial charge on any atom is -0.447 e. The van der Waals surface area contributed by atoms with E-state index in [-0.39, 0.29) is 5.56 Å². The summed E-state index contributed by atoms with van der Waals surface area (Å²) < 4.78 is 27.2. The van der Waals surface area contributed by atoms with Crippen molar-refractivity contribution in [2.24, 2.45) is 10.8 Å². The summed E-state index contributed by atoms with van der Waals surface area (Å²) in [6.07, 6.45) is -1.46. The molecule has 4 atom stereocenters. The van der Waals surface area contributed by atoms with E-state index in [2.05, 4.69) is 22.0 Å². The van der Waals surface area contributed by atoms with Crippen LogP contribution in [-0.2, 0) is 9.47 Å². The normalized spacial score (nSPS) is 31.1. The first-order valence-electron chi connectivity index (χ1n) is 8.99. The van der Waals surface area contributed by atoms with E-state index < -0.39 is 40.4 Å². The molecule has 2 heterocycles. The third-order valence-corrected chi connectivity index (χ3v) is 6.38. The molecule has 8 heteroatoms. The Balaban J connectivity index is 2.07. The monoisotopic (exact) mass is 464 g/mol. The van der Waals surface area contributed by atoms with Crippen LogP contribution in [0, 0.1) is 56.0 Å². The SMILES string of the molecule is CC12OC(=N)C(C#N)(C1c1ccccc1)C(C#N)(C#N)C(c1cc(Br)ccc1F)O2. The number of ether oxygens (including phenoxy) is 2. The largest absolute Gasteiger partial charge is 0.447 e. The highest BCUT2D eigenvalue weighted by atomic mass is 79.9. The van der Waals surface area contributed by atoms with Crippen molar-refractivity contribution in [1.82, 2.24) is 0 Å².